The Bertz CT molecular complexity index is 936. The third-order valence-electron chi connectivity index (χ3n) is 3.34. The van der Waals surface area contributed by atoms with Gasteiger partial charge in [0.25, 0.3) is 0 Å². The van der Waals surface area contributed by atoms with Crippen LogP contribution >= 0.6 is 0 Å². The first-order chi connectivity index (χ1) is 11.4. The fraction of sp³-hybridized carbons (Fsp3) is 0.125. The van der Waals surface area contributed by atoms with Gasteiger partial charge in [0.1, 0.15) is 23.0 Å². The summed E-state index contributed by atoms with van der Waals surface area (Å²) in [6.45, 7) is 0.161. The molecule has 0 bridgehead atoms. The number of aromatic amines is 1. The van der Waals surface area contributed by atoms with E-state index in [1.54, 1.807) is 30.6 Å². The molecule has 0 atom stereocenters. The van der Waals surface area contributed by atoms with Crippen LogP contribution in [0.4, 0.5) is 0 Å². The molecule has 24 heavy (non-hydrogen) atoms. The van der Waals surface area contributed by atoms with Crippen molar-refractivity contribution in [2.24, 2.45) is 0 Å². The minimum Gasteiger partial charge on any atom is -0.507 e. The number of nitrogens with one attached hydrogen (secondary N) is 1. The fourth-order valence-corrected chi connectivity index (χ4v) is 2.95. The van der Waals surface area contributed by atoms with Gasteiger partial charge in [-0.2, -0.15) is 5.10 Å². The zero-order valence-electron chi connectivity index (χ0n) is 12.8. The maximum absolute atomic E-state index is 11.6. The second-order valence-corrected chi connectivity index (χ2v) is 7.20. The third kappa shape index (κ3) is 3.54. The van der Waals surface area contributed by atoms with Crippen molar-refractivity contribution in [3.63, 3.8) is 0 Å². The molecule has 0 spiro atoms. The normalized spacial score (nSPS) is 11.4. The third-order valence-corrected chi connectivity index (χ3v) is 4.47. The fourth-order valence-electron chi connectivity index (χ4n) is 2.14. The number of phenols is 1. The molecule has 0 aliphatic heterocycles. The molecular weight excluding hydrogens is 330 g/mol. The van der Waals surface area contributed by atoms with Crippen molar-refractivity contribution >= 4 is 9.84 Å². The number of hydrogen-bond acceptors (Lipinski definition) is 6. The van der Waals surface area contributed by atoms with E-state index in [0.29, 0.717) is 11.3 Å². The number of aromatic hydroxyl groups is 1. The highest BCUT2D eigenvalue weighted by molar-refractivity contribution is 7.90. The lowest BCUT2D eigenvalue weighted by Crippen LogP contribution is -2.01. The Morgan fingerprint density at radius 1 is 1.21 bits per heavy atom. The Labute approximate surface area is 138 Å². The van der Waals surface area contributed by atoms with Gasteiger partial charge in [-0.05, 0) is 35.9 Å². The monoisotopic (exact) mass is 345 g/mol. The highest BCUT2D eigenvalue weighted by Crippen LogP contribution is 2.24. The molecule has 0 radical (unpaired) electrons. The summed E-state index contributed by atoms with van der Waals surface area (Å²) in [6.07, 6.45) is 4.27. The van der Waals surface area contributed by atoms with E-state index in [1.165, 1.54) is 12.1 Å². The van der Waals surface area contributed by atoms with Crippen LogP contribution in [0.5, 0.6) is 11.5 Å². The van der Waals surface area contributed by atoms with Crippen molar-refractivity contribution in [3.05, 3.63) is 54.4 Å². The average molecular weight is 345 g/mol. The molecule has 2 heterocycles. The van der Waals surface area contributed by atoms with Gasteiger partial charge in [-0.3, -0.25) is 10.1 Å². The van der Waals surface area contributed by atoms with E-state index in [9.17, 15) is 13.5 Å². The number of aromatic nitrogens is 3. The van der Waals surface area contributed by atoms with Crippen LogP contribution in [0.3, 0.4) is 0 Å². The molecule has 1 aromatic carbocycles. The Balaban J connectivity index is 1.72. The van der Waals surface area contributed by atoms with Crippen molar-refractivity contribution < 1.29 is 18.3 Å². The van der Waals surface area contributed by atoms with Gasteiger partial charge in [0.15, 0.2) is 9.84 Å². The number of hydrogen-bond donors (Lipinski definition) is 2. The van der Waals surface area contributed by atoms with Gasteiger partial charge in [-0.25, -0.2) is 8.42 Å². The summed E-state index contributed by atoms with van der Waals surface area (Å²) in [4.78, 5) is 4.16. The Kier molecular flexibility index (Phi) is 4.22. The number of H-pyrrole nitrogens is 1. The average Bonchev–Trinajstić information content (AvgIpc) is 3.08. The number of ether oxygens (including phenoxy) is 1. The van der Waals surface area contributed by atoms with Gasteiger partial charge in [0.05, 0.1) is 17.6 Å². The van der Waals surface area contributed by atoms with E-state index in [-0.39, 0.29) is 17.3 Å². The van der Waals surface area contributed by atoms with E-state index in [1.807, 2.05) is 6.07 Å². The predicted molar refractivity (Wildman–Crippen MR) is 87.4 cm³/mol. The standard InChI is InChI=1S/C16H15N3O4S/c1-24(21,22)16-8-11(2-5-15(16)20)10-23-12-3-4-13(17-9-12)14-6-7-18-19-14/h2-9,20H,10H2,1H3,(H,18,19). The molecule has 2 N–H and O–H groups in total. The van der Waals surface area contributed by atoms with Crippen LogP contribution < -0.4 is 4.74 Å². The van der Waals surface area contributed by atoms with Crippen LogP contribution in [-0.2, 0) is 16.4 Å². The van der Waals surface area contributed by atoms with E-state index in [4.69, 9.17) is 4.74 Å². The maximum atomic E-state index is 11.6. The first-order valence-electron chi connectivity index (χ1n) is 7.04. The minimum absolute atomic E-state index is 0.115. The van der Waals surface area contributed by atoms with Crippen LogP contribution in [-0.4, -0.2) is 35.0 Å². The number of sulfone groups is 1. The quantitative estimate of drug-likeness (QED) is 0.734. The topological polar surface area (TPSA) is 105 Å². The van der Waals surface area contributed by atoms with E-state index in [0.717, 1.165) is 17.6 Å². The highest BCUT2D eigenvalue weighted by atomic mass is 32.2. The summed E-state index contributed by atoms with van der Waals surface area (Å²) in [5.41, 5.74) is 2.17. The lowest BCUT2D eigenvalue weighted by atomic mass is 10.2. The van der Waals surface area contributed by atoms with Crippen molar-refractivity contribution in [1.29, 1.82) is 0 Å². The summed E-state index contributed by atoms with van der Waals surface area (Å²) in [5.74, 6) is 0.277. The van der Waals surface area contributed by atoms with E-state index < -0.39 is 9.84 Å². The first-order valence-corrected chi connectivity index (χ1v) is 8.93. The molecule has 0 saturated carbocycles. The van der Waals surface area contributed by atoms with Gasteiger partial charge in [-0.1, -0.05) is 6.07 Å². The Morgan fingerprint density at radius 2 is 2.04 bits per heavy atom. The van der Waals surface area contributed by atoms with Crippen LogP contribution in [0, 0.1) is 0 Å². The van der Waals surface area contributed by atoms with Gasteiger partial charge in [0.2, 0.25) is 0 Å². The van der Waals surface area contributed by atoms with Crippen molar-refractivity contribution in [1.82, 2.24) is 15.2 Å². The SMILES string of the molecule is CS(=O)(=O)c1cc(COc2ccc(-c3ccn[nH]3)nc2)ccc1O. The first kappa shape index (κ1) is 16.0. The van der Waals surface area contributed by atoms with Crippen molar-refractivity contribution in [2.45, 2.75) is 11.5 Å². The maximum Gasteiger partial charge on any atom is 0.179 e. The van der Waals surface area contributed by atoms with Crippen LogP contribution in [0.2, 0.25) is 0 Å². The molecule has 124 valence electrons. The number of rotatable bonds is 5. The van der Waals surface area contributed by atoms with Crippen LogP contribution in [0.1, 0.15) is 5.56 Å². The predicted octanol–water partition coefficient (Wildman–Crippen LogP) is 2.16. The highest BCUT2D eigenvalue weighted by Gasteiger charge is 2.13. The lowest BCUT2D eigenvalue weighted by molar-refractivity contribution is 0.304. The molecule has 3 rings (SSSR count). The largest absolute Gasteiger partial charge is 0.507 e. The van der Waals surface area contributed by atoms with Crippen molar-refractivity contribution in [2.75, 3.05) is 6.26 Å². The molecule has 0 aliphatic carbocycles. The zero-order chi connectivity index (χ0) is 17.2. The summed E-state index contributed by atoms with van der Waals surface area (Å²) in [5, 5.41) is 16.3. The molecule has 0 unspecified atom stereocenters. The lowest BCUT2D eigenvalue weighted by Gasteiger charge is -2.09. The molecule has 7 nitrogen and oxygen atoms in total. The molecule has 0 fully saturated rings. The summed E-state index contributed by atoms with van der Waals surface area (Å²) < 4.78 is 28.8. The second-order valence-electron chi connectivity index (χ2n) is 5.21. The van der Waals surface area contributed by atoms with E-state index in [2.05, 4.69) is 15.2 Å². The number of nitrogens with zero attached hydrogens (tertiary/aromatic N) is 2. The summed E-state index contributed by atoms with van der Waals surface area (Å²) in [6, 6.07) is 9.72. The number of pyridine rings is 1. The van der Waals surface area contributed by atoms with E-state index >= 15 is 0 Å². The van der Waals surface area contributed by atoms with Crippen LogP contribution in [0.15, 0.2) is 53.7 Å². The molecule has 2 aromatic heterocycles. The molecule has 0 amide bonds. The van der Waals surface area contributed by atoms with Crippen LogP contribution in [0.25, 0.3) is 11.4 Å². The van der Waals surface area contributed by atoms with Gasteiger partial charge >= 0.3 is 0 Å². The smallest absolute Gasteiger partial charge is 0.179 e. The van der Waals surface area contributed by atoms with Crippen molar-refractivity contribution in [3.8, 4) is 22.9 Å². The minimum atomic E-state index is -3.50. The Morgan fingerprint density at radius 3 is 2.67 bits per heavy atom. The molecule has 8 heteroatoms. The summed E-state index contributed by atoms with van der Waals surface area (Å²) in [7, 11) is -3.50. The second kappa shape index (κ2) is 6.32. The molecular formula is C16H15N3O4S. The zero-order valence-corrected chi connectivity index (χ0v) is 13.6. The molecule has 0 saturated heterocycles. The van der Waals surface area contributed by atoms with Gasteiger partial charge < -0.3 is 9.84 Å². The number of phenolic OH excluding ortho intramolecular Hbond substituents is 1. The number of benzene rings is 1. The summed E-state index contributed by atoms with van der Waals surface area (Å²) >= 11 is 0. The van der Waals surface area contributed by atoms with Gasteiger partial charge in [-0.15, -0.1) is 0 Å². The molecule has 3 aromatic rings. The molecule has 0 aliphatic rings. The van der Waals surface area contributed by atoms with Gasteiger partial charge in [0, 0.05) is 12.5 Å². The Hall–Kier alpha value is -2.87.